The molecule has 0 aliphatic carbocycles. The lowest BCUT2D eigenvalue weighted by atomic mass is 10.1. The molecule has 1 amide bonds. The number of esters is 1. The highest BCUT2D eigenvalue weighted by Crippen LogP contribution is 2.14. The number of benzene rings is 2. The van der Waals surface area contributed by atoms with Gasteiger partial charge in [0.15, 0.2) is 11.6 Å². The van der Waals surface area contributed by atoms with Crippen LogP contribution in [0.3, 0.4) is 0 Å². The number of halogens is 2. The molecule has 0 unspecified atom stereocenters. The molecule has 0 bridgehead atoms. The fourth-order valence-electron chi connectivity index (χ4n) is 2.11. The van der Waals surface area contributed by atoms with Crippen LogP contribution in [0.1, 0.15) is 29.3 Å². The Morgan fingerprint density at radius 2 is 1.88 bits per heavy atom. The Morgan fingerprint density at radius 1 is 1.08 bits per heavy atom. The lowest BCUT2D eigenvalue weighted by molar-refractivity contribution is -0.116. The molecular weight excluding hydrogens is 316 g/mol. The minimum Gasteiger partial charge on any atom is -0.462 e. The average Bonchev–Trinajstić information content (AvgIpc) is 2.56. The molecule has 1 N–H and O–H groups in total. The van der Waals surface area contributed by atoms with Crippen LogP contribution in [-0.4, -0.2) is 18.5 Å². The summed E-state index contributed by atoms with van der Waals surface area (Å²) in [4.78, 5) is 23.6. The summed E-state index contributed by atoms with van der Waals surface area (Å²) in [6.45, 7) is 1.98. The van der Waals surface area contributed by atoms with Crippen LogP contribution in [0.25, 0.3) is 0 Å². The summed E-state index contributed by atoms with van der Waals surface area (Å²) < 4.78 is 30.9. The quantitative estimate of drug-likeness (QED) is 0.820. The van der Waals surface area contributed by atoms with E-state index in [9.17, 15) is 18.4 Å². The fourth-order valence-corrected chi connectivity index (χ4v) is 2.11. The number of rotatable bonds is 6. The molecule has 0 fully saturated rings. The van der Waals surface area contributed by atoms with Gasteiger partial charge >= 0.3 is 5.97 Å². The van der Waals surface area contributed by atoms with E-state index >= 15 is 0 Å². The van der Waals surface area contributed by atoms with Gasteiger partial charge in [-0.25, -0.2) is 13.6 Å². The fraction of sp³-hybridized carbons (Fsp3) is 0.222. The van der Waals surface area contributed by atoms with Crippen molar-refractivity contribution in [1.82, 2.24) is 0 Å². The molecule has 6 heteroatoms. The zero-order valence-electron chi connectivity index (χ0n) is 13.1. The molecule has 2 aromatic rings. The van der Waals surface area contributed by atoms with Crippen LogP contribution in [0, 0.1) is 11.6 Å². The maximum Gasteiger partial charge on any atom is 0.338 e. The van der Waals surface area contributed by atoms with Crippen LogP contribution in [-0.2, 0) is 16.0 Å². The largest absolute Gasteiger partial charge is 0.462 e. The van der Waals surface area contributed by atoms with Crippen LogP contribution in [0.4, 0.5) is 14.5 Å². The van der Waals surface area contributed by atoms with Gasteiger partial charge in [0.05, 0.1) is 12.2 Å². The standard InChI is InChI=1S/C18H17F2NO3/c1-2-24-18(23)13-4-3-5-14(11-13)21-17(22)9-7-12-6-8-15(19)16(20)10-12/h3-6,8,10-11H,2,7,9H2,1H3,(H,21,22). The second-order valence-corrected chi connectivity index (χ2v) is 5.10. The molecule has 0 radical (unpaired) electrons. The molecule has 0 aliphatic rings. The Bertz CT molecular complexity index is 747. The topological polar surface area (TPSA) is 55.4 Å². The van der Waals surface area contributed by atoms with Crippen molar-refractivity contribution in [3.63, 3.8) is 0 Å². The minimum atomic E-state index is -0.935. The molecule has 0 saturated heterocycles. The third kappa shape index (κ3) is 4.87. The van der Waals surface area contributed by atoms with Gasteiger partial charge < -0.3 is 10.1 Å². The molecular formula is C18H17F2NO3. The number of ether oxygens (including phenoxy) is 1. The maximum absolute atomic E-state index is 13.1. The summed E-state index contributed by atoms with van der Waals surface area (Å²) in [5.41, 5.74) is 1.34. The van der Waals surface area contributed by atoms with E-state index in [2.05, 4.69) is 5.32 Å². The molecule has 0 saturated carbocycles. The van der Waals surface area contributed by atoms with Gasteiger partial charge in [-0.1, -0.05) is 12.1 Å². The van der Waals surface area contributed by atoms with Gasteiger partial charge in [-0.2, -0.15) is 0 Å². The maximum atomic E-state index is 13.1. The Hall–Kier alpha value is -2.76. The number of carbonyl (C=O) groups excluding carboxylic acids is 2. The van der Waals surface area contributed by atoms with Gasteiger partial charge in [0.1, 0.15) is 0 Å². The second-order valence-electron chi connectivity index (χ2n) is 5.10. The van der Waals surface area contributed by atoms with Crippen LogP contribution < -0.4 is 5.32 Å². The van der Waals surface area contributed by atoms with Crippen molar-refractivity contribution in [1.29, 1.82) is 0 Å². The van der Waals surface area contributed by atoms with Gasteiger partial charge in [0, 0.05) is 12.1 Å². The van der Waals surface area contributed by atoms with Crippen LogP contribution in [0.15, 0.2) is 42.5 Å². The Kier molecular flexibility index (Phi) is 6.01. The van der Waals surface area contributed by atoms with Gasteiger partial charge in [0.25, 0.3) is 0 Å². The van der Waals surface area contributed by atoms with E-state index in [1.54, 1.807) is 25.1 Å². The molecule has 0 atom stereocenters. The second kappa shape index (κ2) is 8.19. The molecule has 126 valence electrons. The zero-order valence-corrected chi connectivity index (χ0v) is 13.1. The Balaban J connectivity index is 1.93. The number of nitrogens with one attached hydrogen (secondary N) is 1. The van der Waals surface area contributed by atoms with Crippen LogP contribution in [0.5, 0.6) is 0 Å². The first-order chi connectivity index (χ1) is 11.5. The highest BCUT2D eigenvalue weighted by Gasteiger charge is 2.09. The predicted octanol–water partition coefficient (Wildman–Crippen LogP) is 3.71. The van der Waals surface area contributed by atoms with Crippen LogP contribution >= 0.6 is 0 Å². The van der Waals surface area contributed by atoms with Crippen molar-refractivity contribution in [3.8, 4) is 0 Å². The normalized spacial score (nSPS) is 10.3. The Labute approximate surface area is 138 Å². The Morgan fingerprint density at radius 3 is 2.58 bits per heavy atom. The summed E-state index contributed by atoms with van der Waals surface area (Å²) in [7, 11) is 0. The summed E-state index contributed by atoms with van der Waals surface area (Å²) in [6, 6.07) is 9.94. The van der Waals surface area contributed by atoms with E-state index in [4.69, 9.17) is 4.74 Å². The lowest BCUT2D eigenvalue weighted by Crippen LogP contribution is -2.13. The van der Waals surface area contributed by atoms with Gasteiger partial charge in [0.2, 0.25) is 5.91 Å². The monoisotopic (exact) mass is 333 g/mol. The molecule has 0 spiro atoms. The smallest absolute Gasteiger partial charge is 0.338 e. The molecule has 0 heterocycles. The van der Waals surface area contributed by atoms with Crippen molar-refractivity contribution in [2.24, 2.45) is 0 Å². The molecule has 0 aliphatic heterocycles. The van der Waals surface area contributed by atoms with E-state index in [0.717, 1.165) is 12.1 Å². The first-order valence-corrected chi connectivity index (χ1v) is 7.50. The summed E-state index contributed by atoms with van der Waals surface area (Å²) >= 11 is 0. The first kappa shape index (κ1) is 17.6. The van der Waals surface area contributed by atoms with E-state index < -0.39 is 17.6 Å². The van der Waals surface area contributed by atoms with Gasteiger partial charge in [-0.3, -0.25) is 4.79 Å². The average molecular weight is 333 g/mol. The number of aryl methyl sites for hydroxylation is 1. The molecule has 2 rings (SSSR count). The number of anilines is 1. The van der Waals surface area contributed by atoms with Crippen molar-refractivity contribution in [2.45, 2.75) is 19.8 Å². The van der Waals surface area contributed by atoms with E-state index in [-0.39, 0.29) is 25.4 Å². The molecule has 24 heavy (non-hydrogen) atoms. The number of hydrogen-bond donors (Lipinski definition) is 1. The summed E-state index contributed by atoms with van der Waals surface area (Å²) in [5, 5.41) is 2.66. The SMILES string of the molecule is CCOC(=O)c1cccc(NC(=O)CCc2ccc(F)c(F)c2)c1. The molecule has 0 aromatic heterocycles. The van der Waals surface area contributed by atoms with Crippen molar-refractivity contribution < 1.29 is 23.1 Å². The van der Waals surface area contributed by atoms with Crippen molar-refractivity contribution >= 4 is 17.6 Å². The number of amides is 1. The highest BCUT2D eigenvalue weighted by atomic mass is 19.2. The van der Waals surface area contributed by atoms with Gasteiger partial charge in [-0.05, 0) is 49.2 Å². The third-order valence-electron chi connectivity index (χ3n) is 3.28. The third-order valence-corrected chi connectivity index (χ3v) is 3.28. The summed E-state index contributed by atoms with van der Waals surface area (Å²) in [5.74, 6) is -2.61. The summed E-state index contributed by atoms with van der Waals surface area (Å²) in [6.07, 6.45) is 0.384. The molecule has 4 nitrogen and oxygen atoms in total. The first-order valence-electron chi connectivity index (χ1n) is 7.50. The highest BCUT2D eigenvalue weighted by molar-refractivity contribution is 5.94. The van der Waals surface area contributed by atoms with Crippen molar-refractivity contribution in [2.75, 3.05) is 11.9 Å². The van der Waals surface area contributed by atoms with Crippen molar-refractivity contribution in [3.05, 3.63) is 65.2 Å². The lowest BCUT2D eigenvalue weighted by Gasteiger charge is -2.07. The number of carbonyl (C=O) groups is 2. The predicted molar refractivity (Wildman–Crippen MR) is 85.7 cm³/mol. The van der Waals surface area contributed by atoms with E-state index in [1.165, 1.54) is 12.1 Å². The van der Waals surface area contributed by atoms with Crippen LogP contribution in [0.2, 0.25) is 0 Å². The molecule has 2 aromatic carbocycles. The van der Waals surface area contributed by atoms with Gasteiger partial charge in [-0.15, -0.1) is 0 Å². The number of hydrogen-bond acceptors (Lipinski definition) is 3. The zero-order chi connectivity index (χ0) is 17.5. The van der Waals surface area contributed by atoms with E-state index in [0.29, 0.717) is 16.8 Å². The minimum absolute atomic E-state index is 0.106. The van der Waals surface area contributed by atoms with E-state index in [1.807, 2.05) is 0 Å².